The Morgan fingerprint density at radius 1 is 1.11 bits per heavy atom. The van der Waals surface area contributed by atoms with E-state index in [0.717, 1.165) is 38.7 Å². The molecule has 1 unspecified atom stereocenters. The van der Waals surface area contributed by atoms with E-state index in [1.807, 2.05) is 47.5 Å². The van der Waals surface area contributed by atoms with Crippen LogP contribution in [0.25, 0.3) is 11.0 Å². The average molecular weight is 454 g/mol. The Morgan fingerprint density at radius 3 is 2.68 bits per heavy atom. The molecule has 28 heavy (non-hydrogen) atoms. The Labute approximate surface area is 176 Å². The van der Waals surface area contributed by atoms with Crippen LogP contribution >= 0.6 is 27.7 Å². The highest BCUT2D eigenvalue weighted by atomic mass is 79.9. The molecule has 2 aromatic carbocycles. The van der Waals surface area contributed by atoms with Crippen LogP contribution in [0, 0.1) is 0 Å². The average Bonchev–Trinajstić information content (AvgIpc) is 3.11. The topological polar surface area (TPSA) is 55.6 Å². The minimum Gasteiger partial charge on any atom is -0.339 e. The molecule has 4 aromatic rings. The van der Waals surface area contributed by atoms with Gasteiger partial charge in [0.2, 0.25) is 0 Å². The Hall–Kier alpha value is -2.38. The van der Waals surface area contributed by atoms with Crippen LogP contribution in [0.2, 0.25) is 0 Å². The Bertz CT molecular complexity index is 1100. The molecular formula is C21H20BrN5S. The molecule has 1 atom stereocenters. The normalized spacial score (nSPS) is 12.2. The van der Waals surface area contributed by atoms with Crippen molar-refractivity contribution in [2.24, 2.45) is 0 Å². The lowest BCUT2D eigenvalue weighted by atomic mass is 10.0. The molecule has 2 heterocycles. The highest BCUT2D eigenvalue weighted by molar-refractivity contribution is 9.10. The zero-order valence-corrected chi connectivity index (χ0v) is 18.0. The van der Waals surface area contributed by atoms with Crippen LogP contribution in [0.15, 0.2) is 70.4 Å². The zero-order chi connectivity index (χ0) is 19.5. The predicted octanol–water partition coefficient (Wildman–Crippen LogP) is 5.86. The Kier molecular flexibility index (Phi) is 5.64. The van der Waals surface area contributed by atoms with E-state index in [2.05, 4.69) is 62.5 Å². The van der Waals surface area contributed by atoms with E-state index in [1.165, 1.54) is 17.3 Å². The van der Waals surface area contributed by atoms with Crippen molar-refractivity contribution in [3.8, 4) is 0 Å². The third-order valence-corrected chi connectivity index (χ3v) is 5.60. The molecule has 0 saturated carbocycles. The zero-order valence-electron chi connectivity index (χ0n) is 15.6. The van der Waals surface area contributed by atoms with Gasteiger partial charge in [-0.3, -0.25) is 0 Å². The van der Waals surface area contributed by atoms with E-state index in [4.69, 9.17) is 4.98 Å². The van der Waals surface area contributed by atoms with Crippen molar-refractivity contribution in [2.45, 2.75) is 24.5 Å². The van der Waals surface area contributed by atoms with Crippen LogP contribution in [-0.2, 0) is 6.54 Å². The van der Waals surface area contributed by atoms with E-state index >= 15 is 0 Å². The van der Waals surface area contributed by atoms with Crippen LogP contribution in [0.5, 0.6) is 0 Å². The van der Waals surface area contributed by atoms with Crippen molar-refractivity contribution in [1.29, 1.82) is 0 Å². The fraction of sp³-hybridized carbons (Fsp3) is 0.190. The molecule has 0 bridgehead atoms. The molecule has 7 heteroatoms. The molecule has 0 fully saturated rings. The SMILES string of the molecule is CSc1nc(Nc2cccc(Br)c2)c2cnn(CC(C)c3ccccc3)c2n1. The number of thioether (sulfide) groups is 1. The van der Waals surface area contributed by atoms with Crippen molar-refractivity contribution in [2.75, 3.05) is 11.6 Å². The first-order chi connectivity index (χ1) is 13.6. The number of hydrogen-bond donors (Lipinski definition) is 1. The van der Waals surface area contributed by atoms with Gasteiger partial charge in [0.1, 0.15) is 5.82 Å². The smallest absolute Gasteiger partial charge is 0.191 e. The minimum atomic E-state index is 0.332. The summed E-state index contributed by atoms with van der Waals surface area (Å²) in [4.78, 5) is 9.39. The number of nitrogens with zero attached hydrogens (tertiary/aromatic N) is 4. The minimum absolute atomic E-state index is 0.332. The first-order valence-electron chi connectivity index (χ1n) is 8.99. The number of aromatic nitrogens is 4. The van der Waals surface area contributed by atoms with Gasteiger partial charge < -0.3 is 5.32 Å². The van der Waals surface area contributed by atoms with Gasteiger partial charge in [-0.2, -0.15) is 5.10 Å². The second-order valence-corrected chi connectivity index (χ2v) is 8.26. The first kappa shape index (κ1) is 19.0. The monoisotopic (exact) mass is 453 g/mol. The van der Waals surface area contributed by atoms with Crippen LogP contribution in [0.1, 0.15) is 18.4 Å². The lowest BCUT2D eigenvalue weighted by molar-refractivity contribution is 0.553. The maximum absolute atomic E-state index is 4.72. The van der Waals surface area contributed by atoms with Crippen LogP contribution in [0.4, 0.5) is 11.5 Å². The van der Waals surface area contributed by atoms with Gasteiger partial charge in [0.25, 0.3) is 0 Å². The van der Waals surface area contributed by atoms with E-state index in [0.29, 0.717) is 5.92 Å². The van der Waals surface area contributed by atoms with Crippen molar-refractivity contribution in [3.05, 3.63) is 70.8 Å². The van der Waals surface area contributed by atoms with Crippen LogP contribution < -0.4 is 5.32 Å². The summed E-state index contributed by atoms with van der Waals surface area (Å²) in [7, 11) is 0. The summed E-state index contributed by atoms with van der Waals surface area (Å²) in [5, 5.41) is 9.66. The molecule has 0 aliphatic carbocycles. The number of fused-ring (bicyclic) bond motifs is 1. The molecule has 0 radical (unpaired) electrons. The highest BCUT2D eigenvalue weighted by Gasteiger charge is 2.15. The summed E-state index contributed by atoms with van der Waals surface area (Å²) >= 11 is 5.04. The standard InChI is InChI=1S/C21H20BrN5S/c1-14(15-7-4-3-5-8-15)13-27-20-18(12-23-27)19(25-21(26-20)28-2)24-17-10-6-9-16(22)11-17/h3-12,14H,13H2,1-2H3,(H,24,25,26). The molecule has 4 rings (SSSR count). The quantitative estimate of drug-likeness (QED) is 0.292. The number of halogens is 1. The molecule has 0 aliphatic rings. The molecule has 0 aliphatic heterocycles. The summed E-state index contributed by atoms with van der Waals surface area (Å²) in [5.41, 5.74) is 3.10. The fourth-order valence-corrected chi connectivity index (χ4v) is 3.86. The van der Waals surface area contributed by atoms with Crippen molar-refractivity contribution >= 4 is 50.2 Å². The highest BCUT2D eigenvalue weighted by Crippen LogP contribution is 2.28. The molecule has 142 valence electrons. The fourth-order valence-electron chi connectivity index (χ4n) is 3.10. The number of benzene rings is 2. The summed E-state index contributed by atoms with van der Waals surface area (Å²) in [6.45, 7) is 2.97. The molecular weight excluding hydrogens is 434 g/mol. The van der Waals surface area contributed by atoms with Crippen LogP contribution in [0.3, 0.4) is 0 Å². The number of nitrogens with one attached hydrogen (secondary N) is 1. The number of rotatable bonds is 6. The van der Waals surface area contributed by atoms with Gasteiger partial charge in [-0.25, -0.2) is 14.6 Å². The summed E-state index contributed by atoms with van der Waals surface area (Å²) in [5.74, 6) is 1.10. The maximum atomic E-state index is 4.72. The van der Waals surface area contributed by atoms with Gasteiger partial charge in [-0.15, -0.1) is 0 Å². The predicted molar refractivity (Wildman–Crippen MR) is 119 cm³/mol. The second kappa shape index (κ2) is 8.32. The molecule has 5 nitrogen and oxygen atoms in total. The second-order valence-electron chi connectivity index (χ2n) is 6.57. The molecule has 2 aromatic heterocycles. The first-order valence-corrected chi connectivity index (χ1v) is 11.0. The number of anilines is 2. The third kappa shape index (κ3) is 4.05. The molecule has 0 spiro atoms. The third-order valence-electron chi connectivity index (χ3n) is 4.56. The van der Waals surface area contributed by atoms with Crippen molar-refractivity contribution in [1.82, 2.24) is 19.7 Å². The van der Waals surface area contributed by atoms with Gasteiger partial charge in [0, 0.05) is 22.6 Å². The largest absolute Gasteiger partial charge is 0.339 e. The van der Waals surface area contributed by atoms with Crippen molar-refractivity contribution in [3.63, 3.8) is 0 Å². The molecule has 0 amide bonds. The lowest BCUT2D eigenvalue weighted by Crippen LogP contribution is -2.09. The van der Waals surface area contributed by atoms with E-state index in [1.54, 1.807) is 0 Å². The summed E-state index contributed by atoms with van der Waals surface area (Å²) in [6.07, 6.45) is 3.83. The Morgan fingerprint density at radius 2 is 1.93 bits per heavy atom. The van der Waals surface area contributed by atoms with E-state index in [9.17, 15) is 0 Å². The molecule has 1 N–H and O–H groups in total. The summed E-state index contributed by atoms with van der Waals surface area (Å²) in [6, 6.07) is 18.5. The molecule has 0 saturated heterocycles. The van der Waals surface area contributed by atoms with Gasteiger partial charge >= 0.3 is 0 Å². The van der Waals surface area contributed by atoms with E-state index < -0.39 is 0 Å². The lowest BCUT2D eigenvalue weighted by Gasteiger charge is -2.13. The van der Waals surface area contributed by atoms with E-state index in [-0.39, 0.29) is 0 Å². The maximum Gasteiger partial charge on any atom is 0.191 e. The number of hydrogen-bond acceptors (Lipinski definition) is 5. The Balaban J connectivity index is 1.70. The van der Waals surface area contributed by atoms with Gasteiger partial charge in [0.15, 0.2) is 10.8 Å². The van der Waals surface area contributed by atoms with Crippen LogP contribution in [-0.4, -0.2) is 26.0 Å². The summed E-state index contributed by atoms with van der Waals surface area (Å²) < 4.78 is 2.99. The van der Waals surface area contributed by atoms with Gasteiger partial charge in [-0.05, 0) is 30.0 Å². The van der Waals surface area contributed by atoms with Crippen molar-refractivity contribution < 1.29 is 0 Å². The van der Waals surface area contributed by atoms with Gasteiger partial charge in [-0.1, -0.05) is 71.0 Å². The van der Waals surface area contributed by atoms with Gasteiger partial charge in [0.05, 0.1) is 11.6 Å².